The van der Waals surface area contributed by atoms with Gasteiger partial charge in [0.15, 0.2) is 0 Å². The first kappa shape index (κ1) is 25.7. The third-order valence-corrected chi connectivity index (χ3v) is 7.90. The maximum Gasteiger partial charge on any atom is 0.251 e. The number of carbonyl (C=O) groups excluding carboxylic acids is 2. The largest absolute Gasteiger partial charge is 0.340 e. The number of carbonyl (C=O) groups is 2. The minimum atomic E-state index is -0.408. The molecular weight excluding hydrogens is 410 g/mol. The highest BCUT2D eigenvalue weighted by Crippen LogP contribution is 2.36. The molecule has 2 amide bonds. The van der Waals surface area contributed by atoms with Gasteiger partial charge in [-0.1, -0.05) is 46.2 Å². The van der Waals surface area contributed by atoms with Crippen LogP contribution < -0.4 is 5.32 Å². The van der Waals surface area contributed by atoms with E-state index in [2.05, 4.69) is 69.8 Å². The molecule has 1 aliphatic carbocycles. The normalized spacial score (nSPS) is 26.3. The number of rotatable bonds is 7. The Morgan fingerprint density at radius 2 is 1.94 bits per heavy atom. The van der Waals surface area contributed by atoms with Crippen molar-refractivity contribution in [3.8, 4) is 0 Å². The number of benzene rings is 1. The van der Waals surface area contributed by atoms with Gasteiger partial charge in [0, 0.05) is 30.2 Å². The Labute approximate surface area is 201 Å². The van der Waals surface area contributed by atoms with Crippen LogP contribution in [0.15, 0.2) is 24.3 Å². The van der Waals surface area contributed by atoms with E-state index in [0.29, 0.717) is 36.0 Å². The minimum Gasteiger partial charge on any atom is -0.340 e. The van der Waals surface area contributed by atoms with E-state index in [0.717, 1.165) is 44.2 Å². The molecule has 2 aliphatic rings. The average Bonchev–Trinajstić information content (AvgIpc) is 3.12. The van der Waals surface area contributed by atoms with Gasteiger partial charge in [0.25, 0.3) is 5.91 Å². The summed E-state index contributed by atoms with van der Waals surface area (Å²) in [6, 6.07) is 8.82. The van der Waals surface area contributed by atoms with Gasteiger partial charge in [-0.05, 0) is 82.0 Å². The molecular formula is C28H45N3O2. The van der Waals surface area contributed by atoms with Crippen LogP contribution in [0, 0.1) is 5.92 Å². The van der Waals surface area contributed by atoms with Crippen molar-refractivity contribution in [2.75, 3.05) is 13.6 Å². The van der Waals surface area contributed by atoms with E-state index in [1.54, 1.807) is 0 Å². The molecule has 3 rings (SSSR count). The summed E-state index contributed by atoms with van der Waals surface area (Å²) in [7, 11) is 2.24. The summed E-state index contributed by atoms with van der Waals surface area (Å²) in [5.74, 6) is 0.502. The van der Waals surface area contributed by atoms with Crippen LogP contribution in [0.1, 0.15) is 96.0 Å². The van der Waals surface area contributed by atoms with E-state index < -0.39 is 6.04 Å². The van der Waals surface area contributed by atoms with E-state index in [4.69, 9.17) is 0 Å². The van der Waals surface area contributed by atoms with Gasteiger partial charge in [-0.3, -0.25) is 9.59 Å². The van der Waals surface area contributed by atoms with Crippen molar-refractivity contribution in [1.29, 1.82) is 0 Å². The first-order valence-corrected chi connectivity index (χ1v) is 13.0. The predicted octanol–water partition coefficient (Wildman–Crippen LogP) is 4.99. The van der Waals surface area contributed by atoms with Crippen LogP contribution in [-0.2, 0) is 10.2 Å². The Morgan fingerprint density at radius 3 is 2.58 bits per heavy atom. The van der Waals surface area contributed by atoms with Crippen molar-refractivity contribution in [3.05, 3.63) is 35.4 Å². The number of nitrogens with one attached hydrogen (secondary N) is 1. The molecule has 0 unspecified atom stereocenters. The van der Waals surface area contributed by atoms with Crippen LogP contribution in [0.4, 0.5) is 0 Å². The summed E-state index contributed by atoms with van der Waals surface area (Å²) in [5.41, 5.74) is 1.74. The van der Waals surface area contributed by atoms with Crippen molar-refractivity contribution in [2.45, 2.75) is 110 Å². The molecule has 0 aromatic heterocycles. The summed E-state index contributed by atoms with van der Waals surface area (Å²) in [6.45, 7) is 13.9. The molecule has 0 radical (unpaired) electrons. The van der Waals surface area contributed by atoms with Crippen LogP contribution >= 0.6 is 0 Å². The minimum absolute atomic E-state index is 0.0208. The number of amides is 2. The highest BCUT2D eigenvalue weighted by Gasteiger charge is 2.42. The van der Waals surface area contributed by atoms with Crippen molar-refractivity contribution < 1.29 is 9.59 Å². The quantitative estimate of drug-likeness (QED) is 0.630. The fourth-order valence-corrected chi connectivity index (χ4v) is 5.64. The molecule has 33 heavy (non-hydrogen) atoms. The molecule has 1 heterocycles. The molecule has 1 saturated heterocycles. The maximum absolute atomic E-state index is 13.4. The molecule has 1 aliphatic heterocycles. The Morgan fingerprint density at radius 1 is 1.21 bits per heavy atom. The van der Waals surface area contributed by atoms with E-state index in [1.165, 1.54) is 0 Å². The number of likely N-dealkylation sites (tertiary alicyclic amines) is 1. The zero-order chi connectivity index (χ0) is 24.3. The molecule has 5 heteroatoms. The first-order valence-electron chi connectivity index (χ1n) is 13.0. The van der Waals surface area contributed by atoms with Crippen molar-refractivity contribution >= 4 is 11.8 Å². The molecule has 184 valence electrons. The number of hydrogen-bond acceptors (Lipinski definition) is 3. The Kier molecular flexibility index (Phi) is 8.26. The molecule has 1 saturated carbocycles. The van der Waals surface area contributed by atoms with Gasteiger partial charge in [0.05, 0.1) is 0 Å². The number of hydrogen-bond donors (Lipinski definition) is 1. The van der Waals surface area contributed by atoms with Crippen LogP contribution in [0.5, 0.6) is 0 Å². The lowest BCUT2D eigenvalue weighted by molar-refractivity contribution is -0.133. The van der Waals surface area contributed by atoms with Crippen molar-refractivity contribution in [2.24, 2.45) is 5.92 Å². The van der Waals surface area contributed by atoms with Gasteiger partial charge in [-0.15, -0.1) is 0 Å². The van der Waals surface area contributed by atoms with Gasteiger partial charge in [0.2, 0.25) is 5.91 Å². The van der Waals surface area contributed by atoms with Crippen molar-refractivity contribution in [1.82, 2.24) is 15.1 Å². The molecule has 1 aromatic rings. The average molecular weight is 456 g/mol. The Hall–Kier alpha value is -1.88. The summed E-state index contributed by atoms with van der Waals surface area (Å²) in [4.78, 5) is 30.9. The van der Waals surface area contributed by atoms with E-state index in [-0.39, 0.29) is 17.2 Å². The Bertz CT molecular complexity index is 829. The topological polar surface area (TPSA) is 52.6 Å². The van der Waals surface area contributed by atoms with Crippen LogP contribution in [0.2, 0.25) is 0 Å². The zero-order valence-electron chi connectivity index (χ0n) is 21.9. The second-order valence-corrected chi connectivity index (χ2v) is 11.5. The zero-order valence-corrected chi connectivity index (χ0v) is 21.9. The lowest BCUT2D eigenvalue weighted by Crippen LogP contribution is -2.51. The highest BCUT2D eigenvalue weighted by atomic mass is 16.2. The smallest absolute Gasteiger partial charge is 0.251 e. The number of nitrogens with zero attached hydrogens (tertiary/aromatic N) is 2. The molecule has 2 fully saturated rings. The van der Waals surface area contributed by atoms with Crippen LogP contribution in [0.3, 0.4) is 0 Å². The van der Waals surface area contributed by atoms with E-state index >= 15 is 0 Å². The summed E-state index contributed by atoms with van der Waals surface area (Å²) in [5, 5.41) is 3.04. The molecule has 5 nitrogen and oxygen atoms in total. The molecule has 1 N–H and O–H groups in total. The predicted molar refractivity (Wildman–Crippen MR) is 135 cm³/mol. The van der Waals surface area contributed by atoms with E-state index in [9.17, 15) is 9.59 Å². The molecule has 0 bridgehead atoms. The Balaban J connectivity index is 1.66. The third kappa shape index (κ3) is 5.98. The molecule has 4 atom stereocenters. The van der Waals surface area contributed by atoms with Crippen LogP contribution in [-0.4, -0.2) is 59.4 Å². The molecule has 0 spiro atoms. The third-order valence-electron chi connectivity index (χ3n) is 7.90. The van der Waals surface area contributed by atoms with Gasteiger partial charge >= 0.3 is 0 Å². The lowest BCUT2D eigenvalue weighted by Gasteiger charge is -2.44. The summed E-state index contributed by atoms with van der Waals surface area (Å²) >= 11 is 0. The van der Waals surface area contributed by atoms with E-state index in [1.807, 2.05) is 18.2 Å². The standard InChI is InChI=1S/C28H45N3O2/c1-8-10-20-18-23(30(7)19(2)3)13-14-25(20)31-16-15-24(27(31)33)29-26(32)21-11-9-12-22(17-21)28(4,5)6/h9,11-12,17,19-20,23-25H,8,10,13-16,18H2,1-7H3,(H,29,32)/t20-,23+,24-,25-/m0/s1. The molecule has 1 aromatic carbocycles. The fraction of sp³-hybridized carbons (Fsp3) is 0.714. The summed E-state index contributed by atoms with van der Waals surface area (Å²) < 4.78 is 0. The second-order valence-electron chi connectivity index (χ2n) is 11.5. The highest BCUT2D eigenvalue weighted by molar-refractivity contribution is 5.98. The van der Waals surface area contributed by atoms with Gasteiger partial charge < -0.3 is 15.1 Å². The second kappa shape index (κ2) is 10.6. The van der Waals surface area contributed by atoms with Gasteiger partial charge in [0.1, 0.15) is 6.04 Å². The van der Waals surface area contributed by atoms with Crippen LogP contribution in [0.25, 0.3) is 0 Å². The summed E-state index contributed by atoms with van der Waals surface area (Å²) in [6.07, 6.45) is 6.37. The maximum atomic E-state index is 13.4. The SMILES string of the molecule is CCC[C@H]1C[C@H](N(C)C(C)C)CC[C@@H]1N1CC[C@H](NC(=O)c2cccc(C(C)(C)C)c2)C1=O. The first-order chi connectivity index (χ1) is 15.5. The van der Waals surface area contributed by atoms with Gasteiger partial charge in [-0.25, -0.2) is 0 Å². The monoisotopic (exact) mass is 455 g/mol. The lowest BCUT2D eigenvalue weighted by atomic mass is 9.77. The fourth-order valence-electron chi connectivity index (χ4n) is 5.64. The van der Waals surface area contributed by atoms with Crippen molar-refractivity contribution in [3.63, 3.8) is 0 Å². The van der Waals surface area contributed by atoms with Gasteiger partial charge in [-0.2, -0.15) is 0 Å².